The zero-order valence-electron chi connectivity index (χ0n) is 29.6. The van der Waals surface area contributed by atoms with Crippen molar-refractivity contribution in [3.63, 3.8) is 0 Å². The summed E-state index contributed by atoms with van der Waals surface area (Å²) in [5, 5.41) is 2.22. The number of nitrogens with zero attached hydrogens (tertiary/aromatic N) is 1. The summed E-state index contributed by atoms with van der Waals surface area (Å²) in [6.45, 7) is 8.83. The van der Waals surface area contributed by atoms with Crippen molar-refractivity contribution in [1.29, 1.82) is 0 Å². The quantitative estimate of drug-likeness (QED) is 0.173. The van der Waals surface area contributed by atoms with E-state index in [1.54, 1.807) is 0 Å². The van der Waals surface area contributed by atoms with E-state index in [0.29, 0.717) is 23.0 Å². The minimum absolute atomic E-state index is 0.700. The van der Waals surface area contributed by atoms with Gasteiger partial charge in [-0.1, -0.05) is 112 Å². The molecule has 5 aromatic carbocycles. The van der Waals surface area contributed by atoms with E-state index in [4.69, 9.17) is 15.2 Å². The second-order valence-electron chi connectivity index (χ2n) is 13.3. The minimum atomic E-state index is 0.700. The molecule has 1 aromatic heterocycles. The average Bonchev–Trinajstić information content (AvgIpc) is 3.52. The van der Waals surface area contributed by atoms with Gasteiger partial charge in [-0.3, -0.25) is 0 Å². The maximum atomic E-state index is 6.53. The molecule has 0 radical (unpaired) electrons. The van der Waals surface area contributed by atoms with Crippen LogP contribution in [-0.4, -0.2) is 4.57 Å². The smallest absolute Gasteiger partial charge is 0.194 e. The first-order chi connectivity index (χ1) is 24.5. The van der Waals surface area contributed by atoms with Crippen LogP contribution in [0.5, 0.6) is 23.0 Å². The average molecular weight is 659 g/mol. The van der Waals surface area contributed by atoms with Gasteiger partial charge in [0.2, 0.25) is 0 Å². The highest BCUT2D eigenvalue weighted by Crippen LogP contribution is 2.51. The maximum Gasteiger partial charge on any atom is 0.194 e. The van der Waals surface area contributed by atoms with E-state index in [-0.39, 0.29) is 0 Å². The van der Waals surface area contributed by atoms with Crippen molar-refractivity contribution in [1.82, 2.24) is 4.57 Å². The highest BCUT2D eigenvalue weighted by atomic mass is 16.6. The fourth-order valence-electron chi connectivity index (χ4n) is 6.94. The Labute approximate surface area is 296 Å². The number of nitrogens with two attached hydrogens (primary N) is 1. The van der Waals surface area contributed by atoms with Gasteiger partial charge in [0.05, 0.1) is 5.52 Å². The molecule has 2 aliphatic rings. The molecule has 0 saturated heterocycles. The standard InChI is InChI=1S/C36H30N2O2.C10H16/c1-3-4-12-27(24-10-6-5-7-11-24)25-15-17-26(18-16-25)38-34-23(2)30(37)21-19-28(34)29-20-22-33-36(35(29)38)40-32-14-9-8-13-31(32)39-33;1-3-9(2)10-7-5-4-6-8-10/h5-22H,3-4,37H2,1-2H3;5,7-9H,3-4,6H2,1-2H3/b27-12-;. The van der Waals surface area contributed by atoms with Crippen molar-refractivity contribution in [3.05, 3.63) is 150 Å². The molecule has 4 heteroatoms. The van der Waals surface area contributed by atoms with Crippen LogP contribution in [0.3, 0.4) is 0 Å². The number of rotatable bonds is 7. The Morgan fingerprint density at radius 1 is 0.760 bits per heavy atom. The van der Waals surface area contributed by atoms with Gasteiger partial charge in [0, 0.05) is 22.1 Å². The molecule has 252 valence electrons. The molecule has 1 aliphatic carbocycles. The summed E-state index contributed by atoms with van der Waals surface area (Å²) < 4.78 is 15.1. The summed E-state index contributed by atoms with van der Waals surface area (Å²) in [6, 6.07) is 35.4. The zero-order valence-corrected chi connectivity index (χ0v) is 29.6. The summed E-state index contributed by atoms with van der Waals surface area (Å²) in [5.41, 5.74) is 16.5. The third-order valence-electron chi connectivity index (χ3n) is 9.95. The molecule has 4 nitrogen and oxygen atoms in total. The molecule has 0 fully saturated rings. The van der Waals surface area contributed by atoms with E-state index in [9.17, 15) is 0 Å². The topological polar surface area (TPSA) is 49.4 Å². The first-order valence-corrected chi connectivity index (χ1v) is 18.0. The first kappa shape index (κ1) is 33.0. The molecule has 0 bridgehead atoms. The van der Waals surface area contributed by atoms with Gasteiger partial charge in [-0.25, -0.2) is 0 Å². The lowest BCUT2D eigenvalue weighted by Crippen LogP contribution is -2.03. The van der Waals surface area contributed by atoms with Crippen LogP contribution in [0.2, 0.25) is 0 Å². The second-order valence-corrected chi connectivity index (χ2v) is 13.3. The van der Waals surface area contributed by atoms with E-state index in [2.05, 4.69) is 123 Å². The molecule has 8 rings (SSSR count). The van der Waals surface area contributed by atoms with Gasteiger partial charge < -0.3 is 19.8 Å². The number of benzene rings is 5. The number of fused-ring (bicyclic) bond motifs is 6. The second kappa shape index (κ2) is 14.6. The maximum absolute atomic E-state index is 6.53. The number of unbranched alkanes of at least 4 members (excludes halogenated alkanes) is 1. The van der Waals surface area contributed by atoms with Crippen molar-refractivity contribution in [2.45, 2.75) is 59.8 Å². The number of aromatic nitrogens is 1. The zero-order chi connectivity index (χ0) is 34.6. The number of hydrogen-bond donors (Lipinski definition) is 1. The largest absolute Gasteiger partial charge is 0.449 e. The Bertz CT molecular complexity index is 2240. The molecule has 0 spiro atoms. The van der Waals surface area contributed by atoms with Crippen molar-refractivity contribution in [3.8, 4) is 28.7 Å². The summed E-state index contributed by atoms with van der Waals surface area (Å²) in [7, 11) is 0. The molecule has 2 N–H and O–H groups in total. The van der Waals surface area contributed by atoms with E-state index in [1.807, 2.05) is 36.4 Å². The van der Waals surface area contributed by atoms with Crippen LogP contribution in [0, 0.1) is 12.8 Å². The molecule has 6 aromatic rings. The number of hydrogen-bond acceptors (Lipinski definition) is 3. The van der Waals surface area contributed by atoms with E-state index in [1.165, 1.54) is 41.5 Å². The van der Waals surface area contributed by atoms with Gasteiger partial charge >= 0.3 is 0 Å². The number of allylic oxidation sites excluding steroid dienone is 5. The number of para-hydroxylation sites is 2. The van der Waals surface area contributed by atoms with Crippen LogP contribution in [0.25, 0.3) is 33.1 Å². The molecular formula is C46H46N2O2. The third kappa shape index (κ3) is 6.34. The van der Waals surface area contributed by atoms with Gasteiger partial charge in [0.1, 0.15) is 5.52 Å². The van der Waals surface area contributed by atoms with Crippen molar-refractivity contribution in [2.24, 2.45) is 5.92 Å². The highest BCUT2D eigenvalue weighted by Gasteiger charge is 2.26. The SMILES string of the molecule is CCC(C)C1=CCCC=C1.CCC/C=C(/c1ccccc1)c1ccc(-n2c3c(C)c(N)ccc3c3ccc4c(c32)Oc2ccccc2O4)cc1. The fraction of sp³-hybridized carbons (Fsp3) is 0.217. The summed E-state index contributed by atoms with van der Waals surface area (Å²) in [4.78, 5) is 0. The van der Waals surface area contributed by atoms with Crippen molar-refractivity contribution in [2.75, 3.05) is 5.73 Å². The summed E-state index contributed by atoms with van der Waals surface area (Å²) in [5.74, 6) is 3.60. The molecule has 1 unspecified atom stereocenters. The number of ether oxygens (including phenoxy) is 2. The molecule has 1 atom stereocenters. The van der Waals surface area contributed by atoms with Gasteiger partial charge in [-0.15, -0.1) is 0 Å². The summed E-state index contributed by atoms with van der Waals surface area (Å²) in [6.07, 6.45) is 15.1. The van der Waals surface area contributed by atoms with Crippen LogP contribution in [0.4, 0.5) is 5.69 Å². The van der Waals surface area contributed by atoms with Crippen LogP contribution in [-0.2, 0) is 0 Å². The number of nitrogen functional groups attached to an aromatic ring is 1. The molecule has 0 amide bonds. The van der Waals surface area contributed by atoms with E-state index < -0.39 is 0 Å². The molecular weight excluding hydrogens is 613 g/mol. The monoisotopic (exact) mass is 658 g/mol. The normalized spacial score (nSPS) is 14.2. The highest BCUT2D eigenvalue weighted by molar-refractivity contribution is 6.14. The Morgan fingerprint density at radius 3 is 2.14 bits per heavy atom. The third-order valence-corrected chi connectivity index (χ3v) is 9.95. The lowest BCUT2D eigenvalue weighted by molar-refractivity contribution is 0.362. The molecule has 0 saturated carbocycles. The Hall–Kier alpha value is -5.48. The van der Waals surface area contributed by atoms with Crippen molar-refractivity contribution >= 4 is 33.1 Å². The predicted molar refractivity (Wildman–Crippen MR) is 211 cm³/mol. The van der Waals surface area contributed by atoms with Crippen molar-refractivity contribution < 1.29 is 9.47 Å². The Morgan fingerprint density at radius 2 is 1.44 bits per heavy atom. The van der Waals surface area contributed by atoms with Crippen LogP contribution in [0.1, 0.15) is 69.6 Å². The van der Waals surface area contributed by atoms with E-state index >= 15 is 0 Å². The lowest BCUT2D eigenvalue weighted by atomic mass is 9.94. The molecule has 1 aliphatic heterocycles. The Balaban J connectivity index is 0.000000339. The van der Waals surface area contributed by atoms with Gasteiger partial charge in [-0.05, 0) is 109 Å². The fourth-order valence-corrected chi connectivity index (χ4v) is 6.94. The van der Waals surface area contributed by atoms with Crippen LogP contribution in [0.15, 0.2) is 133 Å². The minimum Gasteiger partial charge on any atom is -0.449 e. The van der Waals surface area contributed by atoms with Gasteiger partial charge in [-0.2, -0.15) is 0 Å². The van der Waals surface area contributed by atoms with Crippen LogP contribution >= 0.6 is 0 Å². The number of aryl methyl sites for hydroxylation is 1. The lowest BCUT2D eigenvalue weighted by Gasteiger charge is -2.22. The van der Waals surface area contributed by atoms with Crippen LogP contribution < -0.4 is 15.2 Å². The van der Waals surface area contributed by atoms with E-state index in [0.717, 1.165) is 57.5 Å². The summed E-state index contributed by atoms with van der Waals surface area (Å²) >= 11 is 0. The Kier molecular flexibility index (Phi) is 9.62. The first-order valence-electron chi connectivity index (χ1n) is 18.0. The predicted octanol–water partition coefficient (Wildman–Crippen LogP) is 13.1. The molecule has 2 heterocycles. The van der Waals surface area contributed by atoms with Gasteiger partial charge in [0.15, 0.2) is 23.0 Å². The molecule has 50 heavy (non-hydrogen) atoms. The van der Waals surface area contributed by atoms with Gasteiger partial charge in [0.25, 0.3) is 0 Å². The number of anilines is 1.